The van der Waals surface area contributed by atoms with E-state index in [1.165, 1.54) is 0 Å². The Morgan fingerprint density at radius 3 is 2.59 bits per heavy atom. The molecule has 0 aliphatic rings. The van der Waals surface area contributed by atoms with Crippen LogP contribution in [0.5, 0.6) is 5.75 Å². The summed E-state index contributed by atoms with van der Waals surface area (Å²) < 4.78 is 10.1. The fourth-order valence-electron chi connectivity index (χ4n) is 2.80. The first-order valence-electron chi connectivity index (χ1n) is 8.89. The fourth-order valence-corrected chi connectivity index (χ4v) is 2.80. The van der Waals surface area contributed by atoms with E-state index in [1.807, 2.05) is 30.3 Å². The van der Waals surface area contributed by atoms with Gasteiger partial charge in [-0.15, -0.1) is 10.1 Å². The highest BCUT2D eigenvalue weighted by atomic mass is 16.9. The largest absolute Gasteiger partial charge is 0.497 e. The van der Waals surface area contributed by atoms with Crippen molar-refractivity contribution < 1.29 is 34.1 Å². The topological polar surface area (TPSA) is 137 Å². The lowest BCUT2D eigenvalue weighted by Gasteiger charge is -2.14. The molecule has 156 valence electrons. The molecule has 0 aliphatic carbocycles. The lowest BCUT2D eigenvalue weighted by Crippen LogP contribution is -2.29. The van der Waals surface area contributed by atoms with Crippen molar-refractivity contribution in [3.05, 3.63) is 52.1 Å². The highest BCUT2D eigenvalue weighted by molar-refractivity contribution is 5.86. The van der Waals surface area contributed by atoms with Crippen molar-refractivity contribution in [3.8, 4) is 5.75 Å². The SMILES string of the molecule is COc1ccc2cc([C@H](CCCOC(=O)NCCO[N+](=O)[O-])C(=O)O)ccc2c1. The number of carboxylic acids is 1. The number of nitrogens with one attached hydrogen (secondary N) is 1. The van der Waals surface area contributed by atoms with Gasteiger partial charge in [-0.2, -0.15) is 0 Å². The van der Waals surface area contributed by atoms with Crippen molar-refractivity contribution >= 4 is 22.8 Å². The number of fused-ring (bicyclic) bond motifs is 1. The molecule has 0 aliphatic heterocycles. The third kappa shape index (κ3) is 6.83. The number of amides is 1. The summed E-state index contributed by atoms with van der Waals surface area (Å²) in [7, 11) is 1.58. The number of ether oxygens (including phenoxy) is 2. The molecule has 2 N–H and O–H groups in total. The van der Waals surface area contributed by atoms with E-state index in [-0.39, 0.29) is 26.2 Å². The van der Waals surface area contributed by atoms with Crippen LogP contribution in [0.4, 0.5) is 4.79 Å². The minimum atomic E-state index is -0.959. The molecular weight excluding hydrogens is 384 g/mol. The lowest BCUT2D eigenvalue weighted by atomic mass is 9.92. The molecule has 0 heterocycles. The van der Waals surface area contributed by atoms with Gasteiger partial charge >= 0.3 is 12.1 Å². The van der Waals surface area contributed by atoms with Crippen LogP contribution in [0.15, 0.2) is 36.4 Å². The molecule has 1 atom stereocenters. The third-order valence-corrected chi connectivity index (χ3v) is 4.21. The zero-order chi connectivity index (χ0) is 21.2. The normalized spacial score (nSPS) is 11.5. The van der Waals surface area contributed by atoms with Gasteiger partial charge < -0.3 is 24.7 Å². The van der Waals surface area contributed by atoms with Gasteiger partial charge in [0.05, 0.1) is 19.6 Å². The van der Waals surface area contributed by atoms with E-state index in [9.17, 15) is 24.8 Å². The van der Waals surface area contributed by atoms with Gasteiger partial charge in [-0.05, 0) is 41.3 Å². The van der Waals surface area contributed by atoms with Crippen LogP contribution in [0.25, 0.3) is 10.8 Å². The number of methoxy groups -OCH3 is 1. The summed E-state index contributed by atoms with van der Waals surface area (Å²) in [5.41, 5.74) is 0.663. The van der Waals surface area contributed by atoms with Crippen molar-refractivity contribution in [2.45, 2.75) is 18.8 Å². The Labute approximate surface area is 166 Å². The predicted molar refractivity (Wildman–Crippen MR) is 102 cm³/mol. The maximum Gasteiger partial charge on any atom is 0.407 e. The number of carbonyl (C=O) groups is 2. The predicted octanol–water partition coefficient (Wildman–Crippen LogP) is 2.73. The van der Waals surface area contributed by atoms with Crippen LogP contribution in [0.2, 0.25) is 0 Å². The van der Waals surface area contributed by atoms with Gasteiger partial charge in [-0.25, -0.2) is 4.79 Å². The van der Waals surface area contributed by atoms with Crippen LogP contribution >= 0.6 is 0 Å². The smallest absolute Gasteiger partial charge is 0.407 e. The first-order valence-corrected chi connectivity index (χ1v) is 8.89. The second-order valence-corrected chi connectivity index (χ2v) is 6.13. The number of benzene rings is 2. The molecule has 29 heavy (non-hydrogen) atoms. The number of hydrogen-bond donors (Lipinski definition) is 2. The summed E-state index contributed by atoms with van der Waals surface area (Å²) in [5.74, 6) is -0.971. The Hall–Kier alpha value is -3.56. The van der Waals surface area contributed by atoms with Crippen LogP contribution in [-0.4, -0.2) is 49.1 Å². The van der Waals surface area contributed by atoms with Crippen molar-refractivity contribution in [2.24, 2.45) is 0 Å². The molecule has 2 aromatic carbocycles. The number of alkyl carbamates (subject to hydrolysis) is 1. The molecule has 0 spiro atoms. The molecule has 1 amide bonds. The Kier molecular flexibility index (Phi) is 8.01. The molecule has 10 heteroatoms. The number of nitrogens with zero attached hydrogens (tertiary/aromatic N) is 1. The Morgan fingerprint density at radius 1 is 1.17 bits per heavy atom. The maximum absolute atomic E-state index is 11.7. The molecule has 0 bridgehead atoms. The van der Waals surface area contributed by atoms with Gasteiger partial charge in [0.1, 0.15) is 12.4 Å². The highest BCUT2D eigenvalue weighted by Gasteiger charge is 2.20. The Morgan fingerprint density at radius 2 is 1.90 bits per heavy atom. The molecule has 0 unspecified atom stereocenters. The van der Waals surface area contributed by atoms with Gasteiger partial charge in [-0.1, -0.05) is 24.3 Å². The molecule has 0 saturated carbocycles. The van der Waals surface area contributed by atoms with Crippen molar-refractivity contribution in [1.29, 1.82) is 0 Å². The van der Waals surface area contributed by atoms with E-state index < -0.39 is 23.1 Å². The summed E-state index contributed by atoms with van der Waals surface area (Å²) in [6.45, 7) is -0.326. The molecule has 2 rings (SSSR count). The van der Waals surface area contributed by atoms with Gasteiger partial charge in [0.15, 0.2) is 0 Å². The maximum atomic E-state index is 11.7. The van der Waals surface area contributed by atoms with Crippen molar-refractivity contribution in [2.75, 3.05) is 26.9 Å². The molecule has 0 fully saturated rings. The first kappa shape index (κ1) is 21.7. The summed E-state index contributed by atoms with van der Waals surface area (Å²) >= 11 is 0. The monoisotopic (exact) mass is 406 g/mol. The van der Waals surface area contributed by atoms with Crippen LogP contribution in [0.3, 0.4) is 0 Å². The number of carbonyl (C=O) groups excluding carboxylic acids is 1. The summed E-state index contributed by atoms with van der Waals surface area (Å²) in [6.07, 6.45) is -0.117. The number of rotatable bonds is 11. The third-order valence-electron chi connectivity index (χ3n) is 4.21. The van der Waals surface area contributed by atoms with Gasteiger partial charge in [0, 0.05) is 6.54 Å². The zero-order valence-electron chi connectivity index (χ0n) is 15.8. The van der Waals surface area contributed by atoms with Crippen molar-refractivity contribution in [3.63, 3.8) is 0 Å². The fraction of sp³-hybridized carbons (Fsp3) is 0.368. The minimum Gasteiger partial charge on any atom is -0.497 e. The molecule has 0 aromatic heterocycles. The van der Waals surface area contributed by atoms with Crippen molar-refractivity contribution in [1.82, 2.24) is 5.32 Å². The number of aliphatic carboxylic acids is 1. The van der Waals surface area contributed by atoms with Gasteiger partial charge in [0.2, 0.25) is 0 Å². The summed E-state index contributed by atoms with van der Waals surface area (Å²) in [6, 6.07) is 11.0. The second-order valence-electron chi connectivity index (χ2n) is 6.13. The van der Waals surface area contributed by atoms with E-state index in [4.69, 9.17) is 9.47 Å². The molecule has 2 aromatic rings. The Bertz CT molecular complexity index is 870. The van der Waals surface area contributed by atoms with Crippen LogP contribution in [-0.2, 0) is 14.4 Å². The van der Waals surface area contributed by atoms with E-state index in [1.54, 1.807) is 13.2 Å². The lowest BCUT2D eigenvalue weighted by molar-refractivity contribution is -0.757. The first-order chi connectivity index (χ1) is 13.9. The standard InChI is InChI=1S/C19H22N2O8/c1-27-16-7-6-13-11-15(5-4-14(13)12-16)17(18(22)23)3-2-9-28-19(24)20-8-10-29-21(25)26/h4-7,11-12,17H,2-3,8-10H2,1H3,(H,20,24)(H,22,23)/t17-/m0/s1. The molecule has 0 radical (unpaired) electrons. The number of hydrogen-bond acceptors (Lipinski definition) is 7. The quantitative estimate of drug-likeness (QED) is 0.330. The minimum absolute atomic E-state index is 0.0243. The summed E-state index contributed by atoms with van der Waals surface area (Å²) in [5, 5.41) is 22.7. The van der Waals surface area contributed by atoms with Crippen LogP contribution in [0, 0.1) is 10.1 Å². The van der Waals surface area contributed by atoms with Gasteiger partial charge in [-0.3, -0.25) is 4.79 Å². The second kappa shape index (κ2) is 10.7. The average Bonchev–Trinajstić information content (AvgIpc) is 2.70. The van der Waals surface area contributed by atoms with E-state index in [2.05, 4.69) is 10.2 Å². The van der Waals surface area contributed by atoms with Crippen LogP contribution in [0.1, 0.15) is 24.3 Å². The highest BCUT2D eigenvalue weighted by Crippen LogP contribution is 2.27. The van der Waals surface area contributed by atoms with E-state index in [0.29, 0.717) is 12.0 Å². The van der Waals surface area contributed by atoms with E-state index >= 15 is 0 Å². The molecular formula is C19H22N2O8. The average molecular weight is 406 g/mol. The van der Waals surface area contributed by atoms with Crippen LogP contribution < -0.4 is 10.1 Å². The summed E-state index contributed by atoms with van der Waals surface area (Å²) in [4.78, 5) is 37.2. The number of carboxylic acid groups (broad SMARTS) is 1. The van der Waals surface area contributed by atoms with Gasteiger partial charge in [0.25, 0.3) is 5.09 Å². The zero-order valence-corrected chi connectivity index (χ0v) is 15.8. The Balaban J connectivity index is 1.85. The molecule has 10 nitrogen and oxygen atoms in total. The molecule has 0 saturated heterocycles. The van der Waals surface area contributed by atoms with E-state index in [0.717, 1.165) is 16.5 Å².